The standard InChI is InChI=1S/C17H26F2N2/c1-2-16-6-4-3-5-8-21(16)9-7-17(20)13-10-14(18)12-15(19)11-13/h10-12,16-17H,2-9,20H2,1H3. The third-order valence-corrected chi connectivity index (χ3v) is 4.51. The Morgan fingerprint density at radius 2 is 1.90 bits per heavy atom. The van der Waals surface area contributed by atoms with Crippen molar-refractivity contribution in [3.8, 4) is 0 Å². The highest BCUT2D eigenvalue weighted by Crippen LogP contribution is 2.22. The largest absolute Gasteiger partial charge is 0.324 e. The molecule has 1 aromatic carbocycles. The fourth-order valence-corrected chi connectivity index (χ4v) is 3.25. The summed E-state index contributed by atoms with van der Waals surface area (Å²) in [7, 11) is 0. The molecule has 0 amide bonds. The number of hydrogen-bond donors (Lipinski definition) is 1. The van der Waals surface area contributed by atoms with E-state index in [0.29, 0.717) is 11.6 Å². The van der Waals surface area contributed by atoms with Crippen LogP contribution in [0.3, 0.4) is 0 Å². The normalized spacial score (nSPS) is 22.0. The first kappa shape index (κ1) is 16.4. The van der Waals surface area contributed by atoms with Crippen molar-refractivity contribution in [3.63, 3.8) is 0 Å². The summed E-state index contributed by atoms with van der Waals surface area (Å²) in [5.74, 6) is -1.11. The molecule has 1 aliphatic heterocycles. The molecular weight excluding hydrogens is 270 g/mol. The summed E-state index contributed by atoms with van der Waals surface area (Å²) >= 11 is 0. The van der Waals surface area contributed by atoms with Gasteiger partial charge in [-0.05, 0) is 49.9 Å². The van der Waals surface area contributed by atoms with Gasteiger partial charge in [0.05, 0.1) is 0 Å². The van der Waals surface area contributed by atoms with Gasteiger partial charge in [-0.15, -0.1) is 0 Å². The van der Waals surface area contributed by atoms with Crippen molar-refractivity contribution in [2.24, 2.45) is 5.73 Å². The zero-order valence-corrected chi connectivity index (χ0v) is 12.8. The van der Waals surface area contributed by atoms with Crippen molar-refractivity contribution >= 4 is 0 Å². The second-order valence-corrected chi connectivity index (χ2v) is 6.05. The highest BCUT2D eigenvalue weighted by molar-refractivity contribution is 5.21. The fourth-order valence-electron chi connectivity index (χ4n) is 3.25. The summed E-state index contributed by atoms with van der Waals surface area (Å²) in [4.78, 5) is 2.50. The minimum Gasteiger partial charge on any atom is -0.324 e. The Bertz CT molecular complexity index is 430. The molecule has 2 rings (SSSR count). The Morgan fingerprint density at radius 3 is 2.57 bits per heavy atom. The van der Waals surface area contributed by atoms with E-state index in [1.807, 2.05) is 0 Å². The van der Waals surface area contributed by atoms with Crippen LogP contribution in [0.4, 0.5) is 8.78 Å². The molecule has 1 aliphatic rings. The molecule has 118 valence electrons. The van der Waals surface area contributed by atoms with Gasteiger partial charge in [0.15, 0.2) is 0 Å². The first-order chi connectivity index (χ1) is 10.1. The van der Waals surface area contributed by atoms with E-state index in [9.17, 15) is 8.78 Å². The van der Waals surface area contributed by atoms with Gasteiger partial charge in [-0.25, -0.2) is 8.78 Å². The number of hydrogen-bond acceptors (Lipinski definition) is 2. The highest BCUT2D eigenvalue weighted by atomic mass is 19.1. The molecule has 0 aromatic heterocycles. The molecule has 2 N–H and O–H groups in total. The van der Waals surface area contributed by atoms with Crippen LogP contribution in [0, 0.1) is 11.6 Å². The lowest BCUT2D eigenvalue weighted by Gasteiger charge is -2.30. The quantitative estimate of drug-likeness (QED) is 0.889. The van der Waals surface area contributed by atoms with Gasteiger partial charge in [-0.1, -0.05) is 19.8 Å². The van der Waals surface area contributed by atoms with E-state index >= 15 is 0 Å². The van der Waals surface area contributed by atoms with Crippen LogP contribution in [-0.2, 0) is 0 Å². The first-order valence-electron chi connectivity index (χ1n) is 8.05. The predicted molar refractivity (Wildman–Crippen MR) is 82.0 cm³/mol. The monoisotopic (exact) mass is 296 g/mol. The maximum absolute atomic E-state index is 13.2. The van der Waals surface area contributed by atoms with Crippen LogP contribution in [0.15, 0.2) is 18.2 Å². The van der Waals surface area contributed by atoms with Crippen molar-refractivity contribution in [2.75, 3.05) is 13.1 Å². The van der Waals surface area contributed by atoms with Gasteiger partial charge in [0.25, 0.3) is 0 Å². The lowest BCUT2D eigenvalue weighted by atomic mass is 10.0. The Balaban J connectivity index is 1.94. The molecule has 4 heteroatoms. The van der Waals surface area contributed by atoms with Gasteiger partial charge < -0.3 is 10.6 Å². The summed E-state index contributed by atoms with van der Waals surface area (Å²) in [6.07, 6.45) is 6.98. The molecule has 2 unspecified atom stereocenters. The van der Waals surface area contributed by atoms with Gasteiger partial charge in [-0.2, -0.15) is 0 Å². The van der Waals surface area contributed by atoms with Gasteiger partial charge in [0.1, 0.15) is 11.6 Å². The number of likely N-dealkylation sites (tertiary alicyclic amines) is 1. The zero-order chi connectivity index (χ0) is 15.2. The molecule has 1 fully saturated rings. The SMILES string of the molecule is CCC1CCCCCN1CCC(N)c1cc(F)cc(F)c1. The van der Waals surface area contributed by atoms with Gasteiger partial charge in [0.2, 0.25) is 0 Å². The zero-order valence-electron chi connectivity index (χ0n) is 12.8. The number of rotatable bonds is 5. The van der Waals surface area contributed by atoms with Gasteiger partial charge in [-0.3, -0.25) is 0 Å². The minimum absolute atomic E-state index is 0.309. The van der Waals surface area contributed by atoms with Gasteiger partial charge in [0, 0.05) is 24.7 Å². The number of benzene rings is 1. The average molecular weight is 296 g/mol. The maximum atomic E-state index is 13.2. The van der Waals surface area contributed by atoms with Crippen LogP contribution in [0.25, 0.3) is 0 Å². The van der Waals surface area contributed by atoms with Crippen molar-refractivity contribution in [1.29, 1.82) is 0 Å². The molecule has 0 aliphatic carbocycles. The third kappa shape index (κ3) is 4.75. The molecular formula is C17H26F2N2. The van der Waals surface area contributed by atoms with E-state index in [2.05, 4.69) is 11.8 Å². The molecule has 1 aromatic rings. The summed E-state index contributed by atoms with van der Waals surface area (Å²) in [6.45, 7) is 4.24. The van der Waals surface area contributed by atoms with Crippen molar-refractivity contribution in [3.05, 3.63) is 35.4 Å². The van der Waals surface area contributed by atoms with Crippen LogP contribution >= 0.6 is 0 Å². The van der Waals surface area contributed by atoms with Crippen molar-refractivity contribution < 1.29 is 8.78 Å². The number of nitrogens with two attached hydrogens (primary N) is 1. The van der Waals surface area contributed by atoms with Crippen LogP contribution in [0.5, 0.6) is 0 Å². The smallest absolute Gasteiger partial charge is 0.126 e. The molecule has 2 nitrogen and oxygen atoms in total. The van der Waals surface area contributed by atoms with Crippen LogP contribution in [0.1, 0.15) is 57.1 Å². The lowest BCUT2D eigenvalue weighted by molar-refractivity contribution is 0.188. The molecule has 2 atom stereocenters. The molecule has 0 radical (unpaired) electrons. The first-order valence-corrected chi connectivity index (χ1v) is 8.05. The molecule has 1 heterocycles. The Kier molecular flexibility index (Phi) is 6.12. The molecule has 1 saturated heterocycles. The fraction of sp³-hybridized carbons (Fsp3) is 0.647. The van der Waals surface area contributed by atoms with Crippen LogP contribution in [0.2, 0.25) is 0 Å². The van der Waals surface area contributed by atoms with E-state index in [1.54, 1.807) is 0 Å². The maximum Gasteiger partial charge on any atom is 0.126 e. The van der Waals surface area contributed by atoms with E-state index in [0.717, 1.165) is 32.0 Å². The van der Waals surface area contributed by atoms with E-state index < -0.39 is 11.6 Å². The number of nitrogens with zero attached hydrogens (tertiary/aromatic N) is 1. The van der Waals surface area contributed by atoms with E-state index in [1.165, 1.54) is 37.8 Å². The van der Waals surface area contributed by atoms with Crippen LogP contribution in [-0.4, -0.2) is 24.0 Å². The van der Waals surface area contributed by atoms with Crippen LogP contribution < -0.4 is 5.73 Å². The van der Waals surface area contributed by atoms with Crippen molar-refractivity contribution in [1.82, 2.24) is 4.90 Å². The molecule has 0 spiro atoms. The second-order valence-electron chi connectivity index (χ2n) is 6.05. The average Bonchev–Trinajstić information content (AvgIpc) is 2.68. The van der Waals surface area contributed by atoms with Gasteiger partial charge >= 0.3 is 0 Å². The predicted octanol–water partition coefficient (Wildman–Crippen LogP) is 4.01. The molecule has 0 saturated carbocycles. The molecule has 0 bridgehead atoms. The van der Waals surface area contributed by atoms with Crippen molar-refractivity contribution in [2.45, 2.75) is 57.5 Å². The second kappa shape index (κ2) is 7.85. The summed E-state index contributed by atoms with van der Waals surface area (Å²) in [5, 5.41) is 0. The summed E-state index contributed by atoms with van der Waals surface area (Å²) in [6, 6.07) is 3.89. The Morgan fingerprint density at radius 1 is 1.19 bits per heavy atom. The Hall–Kier alpha value is -1.00. The minimum atomic E-state index is -0.554. The molecule has 21 heavy (non-hydrogen) atoms. The topological polar surface area (TPSA) is 29.3 Å². The highest BCUT2D eigenvalue weighted by Gasteiger charge is 2.20. The summed E-state index contributed by atoms with van der Waals surface area (Å²) in [5.41, 5.74) is 6.67. The number of halogens is 2. The lowest BCUT2D eigenvalue weighted by Crippen LogP contribution is -2.36. The summed E-state index contributed by atoms with van der Waals surface area (Å²) < 4.78 is 26.5. The van der Waals surface area contributed by atoms with E-state index in [-0.39, 0.29) is 6.04 Å². The Labute approximate surface area is 126 Å². The third-order valence-electron chi connectivity index (χ3n) is 4.51. The van der Waals surface area contributed by atoms with E-state index in [4.69, 9.17) is 5.73 Å².